The molecule has 5 atom stereocenters. The predicted octanol–water partition coefficient (Wildman–Crippen LogP) is 1.61. The fraction of sp³-hybridized carbons (Fsp3) is 1.00. The summed E-state index contributed by atoms with van der Waals surface area (Å²) >= 11 is 0. The van der Waals surface area contributed by atoms with Crippen molar-refractivity contribution in [1.29, 1.82) is 0 Å². The van der Waals surface area contributed by atoms with Crippen LogP contribution in [-0.4, -0.2) is 42.3 Å². The Kier molecular flexibility index (Phi) is 3.88. The zero-order chi connectivity index (χ0) is 11.7. The van der Waals surface area contributed by atoms with Gasteiger partial charge in [-0.05, 0) is 39.0 Å². The number of nitrogens with zero attached hydrogens (tertiary/aromatic N) is 1. The molecule has 0 spiro atoms. The number of morpholine rings is 1. The first-order valence-electron chi connectivity index (χ1n) is 6.71. The molecule has 2 aliphatic rings. The lowest BCUT2D eigenvalue weighted by Crippen LogP contribution is -2.57. The summed E-state index contributed by atoms with van der Waals surface area (Å²) in [5.41, 5.74) is 6.28. The van der Waals surface area contributed by atoms with E-state index in [1.165, 1.54) is 19.3 Å². The van der Waals surface area contributed by atoms with Gasteiger partial charge >= 0.3 is 0 Å². The van der Waals surface area contributed by atoms with Gasteiger partial charge in [-0.2, -0.15) is 0 Å². The molecule has 0 aromatic rings. The summed E-state index contributed by atoms with van der Waals surface area (Å²) in [6, 6.07) is 0.950. The zero-order valence-electron chi connectivity index (χ0n) is 10.9. The summed E-state index contributed by atoms with van der Waals surface area (Å²) < 4.78 is 5.79. The first-order chi connectivity index (χ1) is 7.56. The number of hydrogen-bond acceptors (Lipinski definition) is 3. The number of nitrogens with two attached hydrogens (primary N) is 1. The van der Waals surface area contributed by atoms with E-state index in [9.17, 15) is 0 Å². The van der Waals surface area contributed by atoms with Crippen molar-refractivity contribution in [3.63, 3.8) is 0 Å². The van der Waals surface area contributed by atoms with Crippen LogP contribution in [0.2, 0.25) is 0 Å². The summed E-state index contributed by atoms with van der Waals surface area (Å²) in [6.45, 7) is 8.79. The highest BCUT2D eigenvalue weighted by Crippen LogP contribution is 2.28. The standard InChI is InChI=1S/C13H26N2O/c1-9-4-5-12(14)13(6-9)15-7-10(2)16-11(3)8-15/h9-13H,4-8,14H2,1-3H3. The topological polar surface area (TPSA) is 38.5 Å². The Morgan fingerprint density at radius 3 is 2.31 bits per heavy atom. The Morgan fingerprint density at radius 1 is 1.06 bits per heavy atom. The number of ether oxygens (including phenoxy) is 1. The summed E-state index contributed by atoms with van der Waals surface area (Å²) in [5.74, 6) is 0.832. The van der Waals surface area contributed by atoms with E-state index in [0.717, 1.165) is 19.0 Å². The highest BCUT2D eigenvalue weighted by atomic mass is 16.5. The highest BCUT2D eigenvalue weighted by molar-refractivity contribution is 4.90. The minimum Gasteiger partial charge on any atom is -0.373 e. The fourth-order valence-corrected chi connectivity index (χ4v) is 3.28. The molecule has 1 saturated heterocycles. The molecule has 5 unspecified atom stereocenters. The highest BCUT2D eigenvalue weighted by Gasteiger charge is 2.34. The van der Waals surface area contributed by atoms with Crippen LogP contribution in [0, 0.1) is 5.92 Å². The van der Waals surface area contributed by atoms with Crippen molar-refractivity contribution < 1.29 is 4.74 Å². The first kappa shape index (κ1) is 12.3. The predicted molar refractivity (Wildman–Crippen MR) is 66.4 cm³/mol. The second kappa shape index (κ2) is 5.03. The van der Waals surface area contributed by atoms with Gasteiger partial charge in [0.15, 0.2) is 0 Å². The van der Waals surface area contributed by atoms with Gasteiger partial charge in [0.1, 0.15) is 0 Å². The van der Waals surface area contributed by atoms with Crippen molar-refractivity contribution in [1.82, 2.24) is 4.90 Å². The lowest BCUT2D eigenvalue weighted by Gasteiger charge is -2.45. The molecule has 1 heterocycles. The Balaban J connectivity index is 1.99. The largest absolute Gasteiger partial charge is 0.373 e. The molecule has 1 aliphatic carbocycles. The normalized spacial score (nSPS) is 46.9. The lowest BCUT2D eigenvalue weighted by atomic mass is 9.82. The van der Waals surface area contributed by atoms with E-state index in [0.29, 0.717) is 24.3 Å². The van der Waals surface area contributed by atoms with Gasteiger partial charge in [-0.3, -0.25) is 4.90 Å². The molecule has 3 heteroatoms. The lowest BCUT2D eigenvalue weighted by molar-refractivity contribution is -0.0882. The fourth-order valence-electron chi connectivity index (χ4n) is 3.28. The minimum atomic E-state index is 0.355. The van der Waals surface area contributed by atoms with Crippen molar-refractivity contribution in [3.05, 3.63) is 0 Å². The Morgan fingerprint density at radius 2 is 1.69 bits per heavy atom. The molecule has 1 aliphatic heterocycles. The van der Waals surface area contributed by atoms with Crippen LogP contribution < -0.4 is 5.73 Å². The van der Waals surface area contributed by atoms with Crippen LogP contribution in [-0.2, 0) is 4.74 Å². The molecule has 2 rings (SSSR count). The van der Waals surface area contributed by atoms with E-state index >= 15 is 0 Å². The third-order valence-electron chi connectivity index (χ3n) is 4.05. The van der Waals surface area contributed by atoms with Crippen molar-refractivity contribution in [2.24, 2.45) is 11.7 Å². The van der Waals surface area contributed by atoms with Gasteiger partial charge in [-0.25, -0.2) is 0 Å². The molecule has 0 aromatic heterocycles. The average molecular weight is 226 g/mol. The van der Waals surface area contributed by atoms with E-state index < -0.39 is 0 Å². The molecule has 16 heavy (non-hydrogen) atoms. The third-order valence-corrected chi connectivity index (χ3v) is 4.05. The zero-order valence-corrected chi connectivity index (χ0v) is 10.9. The van der Waals surface area contributed by atoms with Gasteiger partial charge in [-0.1, -0.05) is 6.92 Å². The molecule has 1 saturated carbocycles. The van der Waals surface area contributed by atoms with Crippen molar-refractivity contribution in [2.75, 3.05) is 13.1 Å². The van der Waals surface area contributed by atoms with Crippen LogP contribution in [0.4, 0.5) is 0 Å². The maximum atomic E-state index is 6.28. The van der Waals surface area contributed by atoms with E-state index in [-0.39, 0.29) is 0 Å². The monoisotopic (exact) mass is 226 g/mol. The van der Waals surface area contributed by atoms with Gasteiger partial charge in [-0.15, -0.1) is 0 Å². The summed E-state index contributed by atoms with van der Waals surface area (Å²) in [6.07, 6.45) is 4.46. The van der Waals surface area contributed by atoms with E-state index in [2.05, 4.69) is 25.7 Å². The summed E-state index contributed by atoms with van der Waals surface area (Å²) in [7, 11) is 0. The molecular formula is C13H26N2O. The van der Waals surface area contributed by atoms with Crippen molar-refractivity contribution in [2.45, 2.75) is 64.3 Å². The average Bonchev–Trinajstić information content (AvgIpc) is 2.20. The van der Waals surface area contributed by atoms with Crippen LogP contribution in [0.3, 0.4) is 0 Å². The Labute approximate surface area is 99.3 Å². The summed E-state index contributed by atoms with van der Waals surface area (Å²) in [4.78, 5) is 2.57. The number of hydrogen-bond donors (Lipinski definition) is 1. The smallest absolute Gasteiger partial charge is 0.0678 e. The first-order valence-corrected chi connectivity index (χ1v) is 6.71. The van der Waals surface area contributed by atoms with Crippen LogP contribution >= 0.6 is 0 Å². The molecular weight excluding hydrogens is 200 g/mol. The molecule has 0 aromatic carbocycles. The quantitative estimate of drug-likeness (QED) is 0.738. The van der Waals surface area contributed by atoms with Gasteiger partial charge < -0.3 is 10.5 Å². The van der Waals surface area contributed by atoms with Crippen molar-refractivity contribution in [3.8, 4) is 0 Å². The van der Waals surface area contributed by atoms with Crippen LogP contribution in [0.25, 0.3) is 0 Å². The molecule has 3 nitrogen and oxygen atoms in total. The van der Waals surface area contributed by atoms with Crippen LogP contribution in [0.15, 0.2) is 0 Å². The summed E-state index contributed by atoms with van der Waals surface area (Å²) in [5, 5.41) is 0. The van der Waals surface area contributed by atoms with Gasteiger partial charge in [0.25, 0.3) is 0 Å². The Bertz CT molecular complexity index is 224. The van der Waals surface area contributed by atoms with Crippen LogP contribution in [0.5, 0.6) is 0 Å². The Hall–Kier alpha value is -0.120. The van der Waals surface area contributed by atoms with E-state index in [4.69, 9.17) is 10.5 Å². The molecule has 94 valence electrons. The van der Waals surface area contributed by atoms with Crippen LogP contribution in [0.1, 0.15) is 40.0 Å². The van der Waals surface area contributed by atoms with E-state index in [1.807, 2.05) is 0 Å². The second-order valence-corrected chi connectivity index (χ2v) is 5.86. The third kappa shape index (κ3) is 2.76. The van der Waals surface area contributed by atoms with E-state index in [1.54, 1.807) is 0 Å². The maximum Gasteiger partial charge on any atom is 0.0678 e. The van der Waals surface area contributed by atoms with Gasteiger partial charge in [0, 0.05) is 25.2 Å². The van der Waals surface area contributed by atoms with Gasteiger partial charge in [0.05, 0.1) is 12.2 Å². The molecule has 0 radical (unpaired) electrons. The molecule has 2 fully saturated rings. The maximum absolute atomic E-state index is 6.28. The second-order valence-electron chi connectivity index (χ2n) is 5.86. The molecule has 2 N–H and O–H groups in total. The minimum absolute atomic E-state index is 0.355. The SMILES string of the molecule is CC1CCC(N)C(N2CC(C)OC(C)C2)C1. The molecule has 0 amide bonds. The van der Waals surface area contributed by atoms with Crippen molar-refractivity contribution >= 4 is 0 Å². The number of rotatable bonds is 1. The van der Waals surface area contributed by atoms with Gasteiger partial charge in [0.2, 0.25) is 0 Å². The molecule has 0 bridgehead atoms.